The summed E-state index contributed by atoms with van der Waals surface area (Å²) in [5.41, 5.74) is -0.570. The zero-order chi connectivity index (χ0) is 21.9. The number of benzene rings is 1. The molecular weight excluding hydrogens is 390 g/mol. The Hall–Kier alpha value is -3.10. The van der Waals surface area contributed by atoms with Gasteiger partial charge in [0.25, 0.3) is 5.91 Å². The van der Waals surface area contributed by atoms with Crippen molar-refractivity contribution in [3.05, 3.63) is 29.8 Å². The van der Waals surface area contributed by atoms with Gasteiger partial charge in [0.2, 0.25) is 5.91 Å². The molecule has 2 saturated heterocycles. The number of rotatable bonds is 6. The Balaban J connectivity index is 1.70. The van der Waals surface area contributed by atoms with Crippen LogP contribution in [-0.4, -0.2) is 67.5 Å². The molecule has 162 valence electrons. The molecule has 0 bridgehead atoms. The molecule has 1 atom stereocenters. The van der Waals surface area contributed by atoms with Crippen molar-refractivity contribution in [2.24, 2.45) is 5.92 Å². The molecule has 2 fully saturated rings. The molecule has 0 unspecified atom stereocenters. The molecule has 30 heavy (non-hydrogen) atoms. The maximum absolute atomic E-state index is 13.2. The number of hydrogen-bond donors (Lipinski definition) is 1. The molecule has 0 aliphatic carbocycles. The van der Waals surface area contributed by atoms with Crippen molar-refractivity contribution in [2.45, 2.75) is 31.7 Å². The van der Waals surface area contributed by atoms with E-state index in [0.29, 0.717) is 43.7 Å². The van der Waals surface area contributed by atoms with E-state index in [1.165, 1.54) is 7.11 Å². The van der Waals surface area contributed by atoms with Gasteiger partial charge in [0.1, 0.15) is 17.8 Å². The lowest BCUT2D eigenvalue weighted by Gasteiger charge is -2.31. The highest BCUT2D eigenvalue weighted by Gasteiger charge is 2.52. The molecule has 3 rings (SSSR count). The number of carbonyl (C=O) groups is 4. The van der Waals surface area contributed by atoms with E-state index in [0.717, 1.165) is 4.90 Å². The smallest absolute Gasteiger partial charge is 0.325 e. The van der Waals surface area contributed by atoms with E-state index < -0.39 is 17.5 Å². The Morgan fingerprint density at radius 2 is 1.77 bits per heavy atom. The van der Waals surface area contributed by atoms with Crippen molar-refractivity contribution >= 4 is 23.8 Å². The molecule has 0 saturated carbocycles. The first-order valence-corrected chi connectivity index (χ1v) is 10.0. The van der Waals surface area contributed by atoms with Crippen molar-refractivity contribution in [3.63, 3.8) is 0 Å². The van der Waals surface area contributed by atoms with Gasteiger partial charge in [-0.2, -0.15) is 0 Å². The molecule has 1 N–H and O–H groups in total. The fraction of sp³-hybridized carbons (Fsp3) is 0.524. The van der Waals surface area contributed by atoms with Gasteiger partial charge in [0, 0.05) is 13.1 Å². The van der Waals surface area contributed by atoms with Crippen LogP contribution in [0.4, 0.5) is 4.79 Å². The number of methoxy groups -OCH3 is 2. The summed E-state index contributed by atoms with van der Waals surface area (Å²) in [5.74, 6) is -0.618. The van der Waals surface area contributed by atoms with Gasteiger partial charge in [-0.3, -0.25) is 19.3 Å². The van der Waals surface area contributed by atoms with Crippen LogP contribution in [0.2, 0.25) is 0 Å². The van der Waals surface area contributed by atoms with Gasteiger partial charge in [-0.15, -0.1) is 0 Å². The van der Waals surface area contributed by atoms with Crippen LogP contribution < -0.4 is 10.1 Å². The monoisotopic (exact) mass is 417 g/mol. The fourth-order valence-electron chi connectivity index (χ4n) is 4.05. The molecule has 1 aromatic rings. The second-order valence-corrected chi connectivity index (χ2v) is 7.49. The number of imide groups is 1. The molecule has 9 heteroatoms. The van der Waals surface area contributed by atoms with Gasteiger partial charge >= 0.3 is 12.0 Å². The number of nitrogens with one attached hydrogen (secondary N) is 1. The number of urea groups is 1. The number of esters is 1. The largest absolute Gasteiger partial charge is 0.497 e. The Bertz CT molecular complexity index is 832. The molecule has 1 aromatic carbocycles. The molecule has 0 radical (unpaired) electrons. The summed E-state index contributed by atoms with van der Waals surface area (Å²) in [6.07, 6.45) is 1.35. The average Bonchev–Trinajstić information content (AvgIpc) is 3.03. The summed E-state index contributed by atoms with van der Waals surface area (Å²) in [4.78, 5) is 52.7. The standard InChI is InChI=1S/C21H27N3O6/c1-4-21(15-5-7-16(29-2)8-6-15)19(27)24(20(28)22-21)13-17(25)23-11-9-14(10-12-23)18(26)30-3/h5-8,14H,4,9-13H2,1-3H3,(H,22,28)/t21-/m0/s1. The minimum Gasteiger partial charge on any atom is -0.497 e. The number of hydrogen-bond acceptors (Lipinski definition) is 6. The minimum atomic E-state index is -1.21. The van der Waals surface area contributed by atoms with E-state index in [9.17, 15) is 19.2 Å². The van der Waals surface area contributed by atoms with E-state index in [1.54, 1.807) is 36.3 Å². The lowest BCUT2D eigenvalue weighted by molar-refractivity contribution is -0.149. The molecular formula is C21H27N3O6. The Morgan fingerprint density at radius 1 is 1.13 bits per heavy atom. The highest BCUT2D eigenvalue weighted by Crippen LogP contribution is 2.33. The normalized spacial score (nSPS) is 22.1. The Morgan fingerprint density at radius 3 is 2.30 bits per heavy atom. The van der Waals surface area contributed by atoms with Gasteiger partial charge in [0.05, 0.1) is 20.1 Å². The topological polar surface area (TPSA) is 105 Å². The van der Waals surface area contributed by atoms with E-state index in [-0.39, 0.29) is 24.3 Å². The number of ether oxygens (including phenoxy) is 2. The molecule has 4 amide bonds. The molecule has 0 aromatic heterocycles. The van der Waals surface area contributed by atoms with Crippen LogP contribution in [0.5, 0.6) is 5.75 Å². The van der Waals surface area contributed by atoms with Crippen molar-refractivity contribution in [2.75, 3.05) is 33.9 Å². The van der Waals surface area contributed by atoms with E-state index in [2.05, 4.69) is 5.32 Å². The lowest BCUT2D eigenvalue weighted by Crippen LogP contribution is -2.47. The number of likely N-dealkylation sites (tertiary alicyclic amines) is 1. The molecule has 2 aliphatic heterocycles. The average molecular weight is 417 g/mol. The second kappa shape index (κ2) is 8.73. The van der Waals surface area contributed by atoms with Crippen molar-refractivity contribution in [3.8, 4) is 5.75 Å². The van der Waals surface area contributed by atoms with Gasteiger partial charge in [-0.1, -0.05) is 19.1 Å². The number of piperidine rings is 1. The number of nitrogens with zero attached hydrogens (tertiary/aromatic N) is 2. The van der Waals surface area contributed by atoms with Gasteiger partial charge in [-0.05, 0) is 37.0 Å². The van der Waals surface area contributed by atoms with Crippen LogP contribution in [0.15, 0.2) is 24.3 Å². The van der Waals surface area contributed by atoms with Crippen molar-refractivity contribution < 1.29 is 28.7 Å². The van der Waals surface area contributed by atoms with E-state index in [4.69, 9.17) is 9.47 Å². The van der Waals surface area contributed by atoms with Crippen LogP contribution in [0.25, 0.3) is 0 Å². The van der Waals surface area contributed by atoms with E-state index in [1.807, 2.05) is 6.92 Å². The van der Waals surface area contributed by atoms with Crippen LogP contribution >= 0.6 is 0 Å². The maximum atomic E-state index is 13.2. The van der Waals surface area contributed by atoms with Crippen LogP contribution in [-0.2, 0) is 24.7 Å². The molecule has 2 aliphatic rings. The summed E-state index contributed by atoms with van der Waals surface area (Å²) >= 11 is 0. The van der Waals surface area contributed by atoms with Crippen LogP contribution in [0, 0.1) is 5.92 Å². The fourth-order valence-corrected chi connectivity index (χ4v) is 4.05. The highest BCUT2D eigenvalue weighted by molar-refractivity contribution is 6.09. The Labute approximate surface area is 175 Å². The Kier molecular flexibility index (Phi) is 6.28. The summed E-state index contributed by atoms with van der Waals surface area (Å²) in [5, 5.41) is 2.77. The van der Waals surface area contributed by atoms with Crippen LogP contribution in [0.3, 0.4) is 0 Å². The molecule has 9 nitrogen and oxygen atoms in total. The summed E-state index contributed by atoms with van der Waals surface area (Å²) in [6.45, 7) is 2.26. The summed E-state index contributed by atoms with van der Waals surface area (Å²) < 4.78 is 9.91. The van der Waals surface area contributed by atoms with Crippen molar-refractivity contribution in [1.29, 1.82) is 0 Å². The minimum absolute atomic E-state index is 0.224. The van der Waals surface area contributed by atoms with Gasteiger partial charge < -0.3 is 19.7 Å². The second-order valence-electron chi connectivity index (χ2n) is 7.49. The van der Waals surface area contributed by atoms with E-state index >= 15 is 0 Å². The van der Waals surface area contributed by atoms with Gasteiger partial charge in [-0.25, -0.2) is 4.79 Å². The summed E-state index contributed by atoms with van der Waals surface area (Å²) in [7, 11) is 2.90. The lowest BCUT2D eigenvalue weighted by atomic mass is 9.87. The predicted molar refractivity (Wildman–Crippen MR) is 107 cm³/mol. The zero-order valence-electron chi connectivity index (χ0n) is 17.5. The maximum Gasteiger partial charge on any atom is 0.325 e. The SMILES string of the molecule is CC[C@@]1(c2ccc(OC)cc2)NC(=O)N(CC(=O)N2CCC(C(=O)OC)CC2)C1=O. The van der Waals surface area contributed by atoms with Gasteiger partial charge in [0.15, 0.2) is 0 Å². The predicted octanol–water partition coefficient (Wildman–Crippen LogP) is 1.26. The number of carbonyl (C=O) groups excluding carboxylic acids is 4. The molecule has 2 heterocycles. The summed E-state index contributed by atoms with van der Waals surface area (Å²) in [6, 6.07) is 6.35. The molecule has 0 spiro atoms. The number of amides is 4. The highest BCUT2D eigenvalue weighted by atomic mass is 16.5. The zero-order valence-corrected chi connectivity index (χ0v) is 17.5. The first-order valence-electron chi connectivity index (χ1n) is 10.0. The quantitative estimate of drug-likeness (QED) is 0.552. The van der Waals surface area contributed by atoms with Crippen LogP contribution in [0.1, 0.15) is 31.7 Å². The third-order valence-electron chi connectivity index (χ3n) is 5.96. The first kappa shape index (κ1) is 21.6. The third-order valence-corrected chi connectivity index (χ3v) is 5.96. The first-order chi connectivity index (χ1) is 14.4. The third kappa shape index (κ3) is 3.83. The van der Waals surface area contributed by atoms with Crippen molar-refractivity contribution in [1.82, 2.24) is 15.1 Å².